The number of halogens is 2. The van der Waals surface area contributed by atoms with Gasteiger partial charge in [0.05, 0.1) is 19.0 Å². The summed E-state index contributed by atoms with van der Waals surface area (Å²) >= 11 is 1.39. The number of hydrogen-bond acceptors (Lipinski definition) is 9. The van der Waals surface area contributed by atoms with Crippen LogP contribution < -0.4 is 20.5 Å². The van der Waals surface area contributed by atoms with Crippen LogP contribution in [0.25, 0.3) is 11.3 Å². The van der Waals surface area contributed by atoms with Crippen molar-refractivity contribution in [3.63, 3.8) is 0 Å². The predicted molar refractivity (Wildman–Crippen MR) is 142 cm³/mol. The molecule has 0 saturated heterocycles. The molecule has 1 aromatic carbocycles. The van der Waals surface area contributed by atoms with Crippen LogP contribution in [0, 0.1) is 11.9 Å². The molecule has 5 heterocycles. The lowest BCUT2D eigenvalue weighted by Gasteiger charge is -2.39. The molecule has 0 bridgehead atoms. The molecule has 9 nitrogen and oxygen atoms in total. The van der Waals surface area contributed by atoms with E-state index in [1.807, 2.05) is 0 Å². The zero-order valence-electron chi connectivity index (χ0n) is 20.4. The first kappa shape index (κ1) is 24.7. The van der Waals surface area contributed by atoms with Crippen molar-refractivity contribution < 1.29 is 23.0 Å². The maximum Gasteiger partial charge on any atom is 0.274 e. The number of ether oxygens (including phenoxy) is 2. The number of hydrogen-bond donors (Lipinski definition) is 2. The lowest BCUT2D eigenvalue weighted by Crippen LogP contribution is -2.36. The molecule has 0 radical (unpaired) electrons. The summed E-state index contributed by atoms with van der Waals surface area (Å²) in [6.45, 7) is 0. The van der Waals surface area contributed by atoms with Crippen LogP contribution in [0.5, 0.6) is 17.2 Å². The van der Waals surface area contributed by atoms with E-state index in [1.54, 1.807) is 36.4 Å². The molecule has 3 N–H and O–H groups in total. The van der Waals surface area contributed by atoms with Crippen molar-refractivity contribution >= 4 is 28.5 Å². The van der Waals surface area contributed by atoms with Gasteiger partial charge in [-0.3, -0.25) is 4.79 Å². The minimum absolute atomic E-state index is 0.0801. The average molecular weight is 547 g/mol. The third-order valence-electron chi connectivity index (χ3n) is 6.51. The van der Waals surface area contributed by atoms with Gasteiger partial charge in [-0.1, -0.05) is 11.8 Å². The van der Waals surface area contributed by atoms with Crippen molar-refractivity contribution in [2.24, 2.45) is 10.7 Å². The van der Waals surface area contributed by atoms with Crippen LogP contribution in [0.3, 0.4) is 0 Å². The predicted octanol–water partition coefficient (Wildman–Crippen LogP) is 4.88. The molecule has 3 aromatic heterocycles. The molecule has 2 aliphatic heterocycles. The monoisotopic (exact) mass is 546 g/mol. The van der Waals surface area contributed by atoms with Gasteiger partial charge in [0.15, 0.2) is 10.9 Å². The van der Waals surface area contributed by atoms with Crippen molar-refractivity contribution in [3.8, 4) is 28.5 Å². The molecule has 4 aromatic rings. The number of amides is 1. The van der Waals surface area contributed by atoms with Gasteiger partial charge < -0.3 is 20.5 Å². The highest BCUT2D eigenvalue weighted by Gasteiger charge is 2.46. The van der Waals surface area contributed by atoms with E-state index in [4.69, 9.17) is 20.2 Å². The number of rotatable bonds is 4. The average Bonchev–Trinajstić information content (AvgIpc) is 2.94. The summed E-state index contributed by atoms with van der Waals surface area (Å²) in [6, 6.07) is 12.5. The van der Waals surface area contributed by atoms with Gasteiger partial charge in [-0.05, 0) is 48.9 Å². The lowest BCUT2D eigenvalue weighted by atomic mass is 9.78. The van der Waals surface area contributed by atoms with Gasteiger partial charge in [0.1, 0.15) is 22.7 Å². The number of anilines is 1. The molecule has 0 fully saturated rings. The molecule has 1 amide bonds. The summed E-state index contributed by atoms with van der Waals surface area (Å²) in [5, 5.41) is 3.16. The van der Waals surface area contributed by atoms with E-state index < -0.39 is 23.3 Å². The van der Waals surface area contributed by atoms with Gasteiger partial charge in [-0.2, -0.15) is 8.78 Å². The number of benzene rings is 1. The van der Waals surface area contributed by atoms with Gasteiger partial charge in [-0.15, -0.1) is 0 Å². The molecule has 196 valence electrons. The SMILES string of the molecule is COc1ccc(C(=O)Nc2ccc3c(c2)[C@@]2(CCSC(N)=N2)c2cc(-c4ccnc(F)c4)nc(F)c2O3)nc1. The number of pyridine rings is 3. The number of aromatic nitrogens is 3. The number of thioether (sulfide) groups is 1. The summed E-state index contributed by atoms with van der Waals surface area (Å²) in [5.41, 5.74) is 7.27. The largest absolute Gasteiger partial charge is 0.495 e. The Morgan fingerprint density at radius 1 is 1.13 bits per heavy atom. The standard InChI is InChI=1S/C27H20F2N6O3S/c1-37-16-3-4-19(32-13-16)25(36)33-15-2-5-21-17(11-15)27(7-9-39-26(30)35-27)18-12-20(34-24(29)23(18)38-21)14-6-8-31-22(28)10-14/h2-6,8,10-13H,7,9H2,1H3,(H2,30,35)(H,33,36)/t27-/m0/s1. The van der Waals surface area contributed by atoms with Crippen LogP contribution in [-0.2, 0) is 5.54 Å². The Kier molecular flexibility index (Phi) is 6.10. The molecule has 12 heteroatoms. The number of fused-ring (bicyclic) bond motifs is 4. The van der Waals surface area contributed by atoms with Gasteiger partial charge >= 0.3 is 0 Å². The minimum Gasteiger partial charge on any atom is -0.495 e. The van der Waals surface area contributed by atoms with Crippen molar-refractivity contribution in [3.05, 3.63) is 89.6 Å². The maximum atomic E-state index is 15.4. The summed E-state index contributed by atoms with van der Waals surface area (Å²) in [6.07, 6.45) is 3.20. The number of nitrogens with one attached hydrogen (secondary N) is 1. The van der Waals surface area contributed by atoms with Crippen molar-refractivity contribution in [2.75, 3.05) is 18.2 Å². The Morgan fingerprint density at radius 2 is 2.00 bits per heavy atom. The van der Waals surface area contributed by atoms with Gasteiger partial charge in [-0.25, -0.2) is 19.9 Å². The van der Waals surface area contributed by atoms with Crippen molar-refractivity contribution in [2.45, 2.75) is 12.0 Å². The number of carbonyl (C=O) groups excluding carboxylic acids is 1. The first-order chi connectivity index (χ1) is 18.9. The van der Waals surface area contributed by atoms with Crippen LogP contribution in [-0.4, -0.2) is 38.9 Å². The van der Waals surface area contributed by atoms with E-state index in [2.05, 4.69) is 20.3 Å². The van der Waals surface area contributed by atoms with E-state index >= 15 is 4.39 Å². The Balaban J connectivity index is 1.45. The topological polar surface area (TPSA) is 125 Å². The zero-order chi connectivity index (χ0) is 27.1. The van der Waals surface area contributed by atoms with E-state index in [9.17, 15) is 9.18 Å². The van der Waals surface area contributed by atoms with E-state index in [0.29, 0.717) is 51.2 Å². The summed E-state index contributed by atoms with van der Waals surface area (Å²) < 4.78 is 40.4. The Morgan fingerprint density at radius 3 is 2.74 bits per heavy atom. The fourth-order valence-corrected chi connectivity index (χ4v) is 5.52. The molecule has 2 aliphatic rings. The Bertz CT molecular complexity index is 1650. The molecule has 39 heavy (non-hydrogen) atoms. The quantitative estimate of drug-likeness (QED) is 0.347. The highest BCUT2D eigenvalue weighted by molar-refractivity contribution is 8.13. The maximum absolute atomic E-state index is 15.4. The highest BCUT2D eigenvalue weighted by atomic mass is 32.2. The number of amidine groups is 1. The lowest BCUT2D eigenvalue weighted by molar-refractivity contribution is 0.102. The second-order valence-electron chi connectivity index (χ2n) is 8.80. The second-order valence-corrected chi connectivity index (χ2v) is 9.92. The second kappa shape index (κ2) is 9.62. The van der Waals surface area contributed by atoms with Gasteiger partial charge in [0, 0.05) is 40.4 Å². The molecule has 6 rings (SSSR count). The van der Waals surface area contributed by atoms with Crippen LogP contribution >= 0.6 is 11.8 Å². The molecular formula is C27H20F2N6O3S. The van der Waals surface area contributed by atoms with Crippen LogP contribution in [0.1, 0.15) is 28.0 Å². The summed E-state index contributed by atoms with van der Waals surface area (Å²) in [4.78, 5) is 29.4. The number of nitrogens with zero attached hydrogens (tertiary/aromatic N) is 4. The van der Waals surface area contributed by atoms with Gasteiger partial charge in [0.25, 0.3) is 11.9 Å². The fraction of sp³-hybridized carbons (Fsp3) is 0.148. The van der Waals surface area contributed by atoms with Gasteiger partial charge in [0.2, 0.25) is 5.95 Å². The number of nitrogens with two attached hydrogens (primary N) is 1. The fourth-order valence-electron chi connectivity index (χ4n) is 4.69. The number of carbonyl (C=O) groups is 1. The molecule has 0 aliphatic carbocycles. The molecule has 1 atom stereocenters. The Labute approximate surface area is 225 Å². The Hall–Kier alpha value is -4.58. The number of methoxy groups -OCH3 is 1. The smallest absolute Gasteiger partial charge is 0.274 e. The van der Waals surface area contributed by atoms with E-state index in [-0.39, 0.29) is 17.1 Å². The minimum atomic E-state index is -1.12. The van der Waals surface area contributed by atoms with E-state index in [1.165, 1.54) is 43.4 Å². The first-order valence-corrected chi connectivity index (χ1v) is 12.8. The van der Waals surface area contributed by atoms with Crippen molar-refractivity contribution in [1.82, 2.24) is 15.0 Å². The molecular weight excluding hydrogens is 526 g/mol. The van der Waals surface area contributed by atoms with Crippen molar-refractivity contribution in [1.29, 1.82) is 0 Å². The third-order valence-corrected chi connectivity index (χ3v) is 7.31. The molecule has 0 saturated carbocycles. The van der Waals surface area contributed by atoms with E-state index in [0.717, 1.165) is 0 Å². The van der Waals surface area contributed by atoms with Crippen LogP contribution in [0.4, 0.5) is 14.5 Å². The first-order valence-electron chi connectivity index (χ1n) is 11.8. The van der Waals surface area contributed by atoms with Crippen LogP contribution in [0.2, 0.25) is 0 Å². The number of aliphatic imine (C=N–C) groups is 1. The molecule has 1 spiro atoms. The normalized spacial score (nSPS) is 17.5. The third kappa shape index (κ3) is 4.42. The summed E-state index contributed by atoms with van der Waals surface area (Å²) in [7, 11) is 1.51. The molecule has 0 unspecified atom stereocenters. The summed E-state index contributed by atoms with van der Waals surface area (Å²) in [5.74, 6) is -0.601. The van der Waals surface area contributed by atoms with Crippen LogP contribution in [0.15, 0.2) is 65.9 Å². The zero-order valence-corrected chi connectivity index (χ0v) is 21.3. The highest BCUT2D eigenvalue weighted by Crippen LogP contribution is 2.54.